The summed E-state index contributed by atoms with van der Waals surface area (Å²) < 4.78 is 11.0. The smallest absolute Gasteiger partial charge is 0.338 e. The number of esters is 1. The molecule has 1 saturated heterocycles. The molecule has 1 fully saturated rings. The van der Waals surface area contributed by atoms with Crippen LogP contribution in [0.4, 0.5) is 11.6 Å². The summed E-state index contributed by atoms with van der Waals surface area (Å²) in [6.07, 6.45) is 6.03. The van der Waals surface area contributed by atoms with E-state index < -0.39 is 0 Å². The Hall–Kier alpha value is -2.56. The van der Waals surface area contributed by atoms with Crippen molar-refractivity contribution in [3.63, 3.8) is 0 Å². The first-order chi connectivity index (χ1) is 12.3. The van der Waals surface area contributed by atoms with Crippen LogP contribution in [0.15, 0.2) is 45.8 Å². The number of hydrogen-bond donors (Lipinski definition) is 0. The molecule has 1 aromatic heterocycles. The molecule has 5 nitrogen and oxygen atoms in total. The fourth-order valence-electron chi connectivity index (χ4n) is 2.73. The molecule has 5 heteroatoms. The van der Waals surface area contributed by atoms with Crippen molar-refractivity contribution in [2.45, 2.75) is 32.6 Å². The van der Waals surface area contributed by atoms with E-state index in [9.17, 15) is 4.79 Å². The van der Waals surface area contributed by atoms with Crippen molar-refractivity contribution < 1.29 is 13.9 Å². The number of carbonyl (C=O) groups excluding carboxylic acids is 1. The van der Waals surface area contributed by atoms with Gasteiger partial charge >= 0.3 is 5.97 Å². The first-order valence-electron chi connectivity index (χ1n) is 8.92. The van der Waals surface area contributed by atoms with E-state index in [0.29, 0.717) is 12.2 Å². The molecule has 0 saturated carbocycles. The highest BCUT2D eigenvalue weighted by molar-refractivity contribution is 5.90. The zero-order valence-corrected chi connectivity index (χ0v) is 14.6. The number of aliphatic imine (C=N–C) groups is 1. The Kier molecular flexibility index (Phi) is 5.88. The van der Waals surface area contributed by atoms with Gasteiger partial charge in [-0.25, -0.2) is 4.79 Å². The largest absolute Gasteiger partial charge is 0.462 e. The molecule has 0 bridgehead atoms. The molecule has 1 aliphatic heterocycles. The average Bonchev–Trinajstić information content (AvgIpc) is 3.32. The second-order valence-electron chi connectivity index (χ2n) is 6.16. The van der Waals surface area contributed by atoms with Crippen LogP contribution in [0.1, 0.15) is 48.7 Å². The lowest BCUT2D eigenvalue weighted by molar-refractivity contribution is 0.0500. The molecule has 25 heavy (non-hydrogen) atoms. The van der Waals surface area contributed by atoms with Crippen molar-refractivity contribution in [3.05, 3.63) is 47.7 Å². The minimum absolute atomic E-state index is 0.287. The number of ether oxygens (including phenoxy) is 1. The molecule has 1 aliphatic rings. The van der Waals surface area contributed by atoms with Crippen molar-refractivity contribution in [1.29, 1.82) is 0 Å². The molecular weight excluding hydrogens is 316 g/mol. The second-order valence-corrected chi connectivity index (χ2v) is 6.16. The Balaban J connectivity index is 1.57. The maximum Gasteiger partial charge on any atom is 0.338 e. The summed E-state index contributed by atoms with van der Waals surface area (Å²) in [5.41, 5.74) is 1.31. The van der Waals surface area contributed by atoms with E-state index >= 15 is 0 Å². The molecule has 0 amide bonds. The van der Waals surface area contributed by atoms with Gasteiger partial charge in [0.2, 0.25) is 0 Å². The molecule has 1 aromatic carbocycles. The summed E-state index contributed by atoms with van der Waals surface area (Å²) in [7, 11) is 0. The van der Waals surface area contributed by atoms with Gasteiger partial charge in [-0.15, -0.1) is 0 Å². The molecule has 132 valence electrons. The van der Waals surface area contributed by atoms with Crippen LogP contribution in [0.2, 0.25) is 0 Å². The standard InChI is InChI=1S/C20H24N2O3/c1-2-3-14-24-20(23)16-6-8-17(9-7-16)21-15-18-10-11-19(25-18)22-12-4-5-13-22/h6-11,15H,2-5,12-14H2,1H3. The van der Waals surface area contributed by atoms with Crippen LogP contribution < -0.4 is 4.90 Å². The molecule has 0 spiro atoms. The first kappa shape index (κ1) is 17.3. The zero-order chi connectivity index (χ0) is 17.5. The quantitative estimate of drug-likeness (QED) is 0.420. The van der Waals surface area contributed by atoms with Crippen molar-refractivity contribution >= 4 is 23.8 Å². The van der Waals surface area contributed by atoms with Gasteiger partial charge in [-0.1, -0.05) is 13.3 Å². The van der Waals surface area contributed by atoms with Crippen molar-refractivity contribution in [2.75, 3.05) is 24.6 Å². The summed E-state index contributed by atoms with van der Waals surface area (Å²) >= 11 is 0. The van der Waals surface area contributed by atoms with E-state index in [1.165, 1.54) is 12.8 Å². The van der Waals surface area contributed by atoms with Crippen LogP contribution in [0.3, 0.4) is 0 Å². The van der Waals surface area contributed by atoms with E-state index in [1.807, 2.05) is 12.1 Å². The fraction of sp³-hybridized carbons (Fsp3) is 0.400. The lowest BCUT2D eigenvalue weighted by atomic mass is 10.2. The van der Waals surface area contributed by atoms with Crippen LogP contribution in [-0.4, -0.2) is 31.9 Å². The van der Waals surface area contributed by atoms with Crippen molar-refractivity contribution in [3.8, 4) is 0 Å². The van der Waals surface area contributed by atoms with Gasteiger partial charge < -0.3 is 14.1 Å². The van der Waals surface area contributed by atoms with Gasteiger partial charge in [0.25, 0.3) is 0 Å². The van der Waals surface area contributed by atoms with E-state index in [2.05, 4.69) is 16.8 Å². The Morgan fingerprint density at radius 3 is 2.68 bits per heavy atom. The Morgan fingerprint density at radius 1 is 1.20 bits per heavy atom. The van der Waals surface area contributed by atoms with Gasteiger partial charge in [-0.2, -0.15) is 0 Å². The van der Waals surface area contributed by atoms with Crippen LogP contribution in [0, 0.1) is 0 Å². The van der Waals surface area contributed by atoms with Crippen molar-refractivity contribution in [1.82, 2.24) is 0 Å². The third-order valence-electron chi connectivity index (χ3n) is 4.21. The summed E-state index contributed by atoms with van der Waals surface area (Å²) in [6, 6.07) is 11.0. The van der Waals surface area contributed by atoms with E-state index in [-0.39, 0.29) is 5.97 Å². The third-order valence-corrected chi connectivity index (χ3v) is 4.21. The van der Waals surface area contributed by atoms with E-state index in [1.54, 1.807) is 30.5 Å². The third kappa shape index (κ3) is 4.72. The van der Waals surface area contributed by atoms with E-state index in [0.717, 1.165) is 43.3 Å². The summed E-state index contributed by atoms with van der Waals surface area (Å²) in [5.74, 6) is 1.35. The predicted octanol–water partition coefficient (Wildman–Crippen LogP) is 4.59. The second kappa shape index (κ2) is 8.51. The summed E-state index contributed by atoms with van der Waals surface area (Å²) in [5, 5.41) is 0. The predicted molar refractivity (Wildman–Crippen MR) is 99.0 cm³/mol. The van der Waals surface area contributed by atoms with Gasteiger partial charge in [0.05, 0.1) is 24.1 Å². The minimum Gasteiger partial charge on any atom is -0.462 e. The Labute approximate surface area is 148 Å². The molecule has 0 radical (unpaired) electrons. The van der Waals surface area contributed by atoms with E-state index in [4.69, 9.17) is 9.15 Å². The number of unbranched alkanes of at least 4 members (excludes halogenated alkanes) is 1. The monoisotopic (exact) mass is 340 g/mol. The molecule has 0 aliphatic carbocycles. The number of rotatable bonds is 7. The minimum atomic E-state index is -0.287. The number of carbonyl (C=O) groups is 1. The first-order valence-corrected chi connectivity index (χ1v) is 8.92. The lowest BCUT2D eigenvalue weighted by Crippen LogP contribution is -2.16. The fourth-order valence-corrected chi connectivity index (χ4v) is 2.73. The molecule has 3 rings (SSSR count). The van der Waals surface area contributed by atoms with Crippen LogP contribution in [-0.2, 0) is 4.74 Å². The summed E-state index contributed by atoms with van der Waals surface area (Å²) in [6.45, 7) is 4.64. The maximum atomic E-state index is 11.9. The SMILES string of the molecule is CCCCOC(=O)c1ccc(N=Cc2ccc(N3CCCC3)o2)cc1. The molecule has 0 N–H and O–H groups in total. The molecular formula is C20H24N2O3. The number of hydrogen-bond acceptors (Lipinski definition) is 5. The summed E-state index contributed by atoms with van der Waals surface area (Å²) in [4.78, 5) is 18.5. The van der Waals surface area contributed by atoms with Gasteiger partial charge in [0.1, 0.15) is 5.76 Å². The molecule has 2 aromatic rings. The highest BCUT2D eigenvalue weighted by Crippen LogP contribution is 2.22. The number of anilines is 1. The topological polar surface area (TPSA) is 55.0 Å². The number of furan rings is 1. The molecule has 0 atom stereocenters. The molecule has 0 unspecified atom stereocenters. The highest BCUT2D eigenvalue weighted by atomic mass is 16.5. The number of benzene rings is 1. The maximum absolute atomic E-state index is 11.9. The average molecular weight is 340 g/mol. The van der Waals surface area contributed by atoms with Gasteiger partial charge in [-0.3, -0.25) is 4.99 Å². The van der Waals surface area contributed by atoms with Crippen molar-refractivity contribution in [2.24, 2.45) is 4.99 Å². The van der Waals surface area contributed by atoms with Crippen LogP contribution in [0.5, 0.6) is 0 Å². The van der Waals surface area contributed by atoms with Crippen LogP contribution >= 0.6 is 0 Å². The van der Waals surface area contributed by atoms with Gasteiger partial charge in [0.15, 0.2) is 5.88 Å². The highest BCUT2D eigenvalue weighted by Gasteiger charge is 2.15. The van der Waals surface area contributed by atoms with Gasteiger partial charge in [-0.05, 0) is 49.6 Å². The van der Waals surface area contributed by atoms with Gasteiger partial charge in [0, 0.05) is 19.2 Å². The molecule has 2 heterocycles. The zero-order valence-electron chi connectivity index (χ0n) is 14.6. The Bertz CT molecular complexity index is 713. The lowest BCUT2D eigenvalue weighted by Gasteiger charge is -2.12. The van der Waals surface area contributed by atoms with Crippen LogP contribution in [0.25, 0.3) is 0 Å². The Morgan fingerprint density at radius 2 is 1.96 bits per heavy atom. The number of nitrogens with zero attached hydrogens (tertiary/aromatic N) is 2. The normalized spacial score (nSPS) is 14.4.